The van der Waals surface area contributed by atoms with E-state index in [9.17, 15) is 13.2 Å². The molecule has 1 heterocycles. The smallest absolute Gasteiger partial charge is 0.422 e. The summed E-state index contributed by atoms with van der Waals surface area (Å²) in [7, 11) is 0. The van der Waals surface area contributed by atoms with Crippen LogP contribution >= 0.6 is 0 Å². The number of aryl methyl sites for hydroxylation is 1. The summed E-state index contributed by atoms with van der Waals surface area (Å²) in [5, 5.41) is 0. The number of hydrogen-bond acceptors (Lipinski definition) is 3. The number of ether oxygens (including phenoxy) is 1. The molecule has 0 bridgehead atoms. The number of aromatic nitrogens is 1. The van der Waals surface area contributed by atoms with Gasteiger partial charge in [0.15, 0.2) is 6.61 Å². The SMILES string of the molecule is C=O.CC.CCc1ccc(OCC(F)(F)F)nc1. The van der Waals surface area contributed by atoms with E-state index in [0.717, 1.165) is 12.0 Å². The maximum atomic E-state index is 11.7. The molecular weight excluding hydrogens is 247 g/mol. The Kier molecular flexibility index (Phi) is 11.0. The van der Waals surface area contributed by atoms with Crippen LogP contribution in [0.25, 0.3) is 0 Å². The molecule has 0 aliphatic carbocycles. The van der Waals surface area contributed by atoms with E-state index in [1.54, 1.807) is 6.07 Å². The molecule has 0 N–H and O–H groups in total. The van der Waals surface area contributed by atoms with Crippen LogP contribution in [-0.4, -0.2) is 24.6 Å². The number of alkyl halides is 3. The van der Waals surface area contributed by atoms with E-state index in [1.165, 1.54) is 12.3 Å². The van der Waals surface area contributed by atoms with Crippen LogP contribution in [0.2, 0.25) is 0 Å². The number of carbonyl (C=O) groups is 1. The molecule has 104 valence electrons. The van der Waals surface area contributed by atoms with Gasteiger partial charge in [-0.05, 0) is 12.0 Å². The predicted octanol–water partition coefficient (Wildman–Crippen LogP) is 3.43. The first-order chi connectivity index (χ1) is 8.51. The summed E-state index contributed by atoms with van der Waals surface area (Å²) in [5.41, 5.74) is 0.962. The van der Waals surface area contributed by atoms with Gasteiger partial charge in [-0.2, -0.15) is 13.2 Å². The van der Waals surface area contributed by atoms with Crippen molar-refractivity contribution in [3.63, 3.8) is 0 Å². The molecule has 6 heteroatoms. The Morgan fingerprint density at radius 1 is 1.28 bits per heavy atom. The third-order valence-electron chi connectivity index (χ3n) is 1.59. The largest absolute Gasteiger partial charge is 0.468 e. The minimum absolute atomic E-state index is 0.000440. The lowest BCUT2D eigenvalue weighted by atomic mass is 10.2. The van der Waals surface area contributed by atoms with E-state index in [1.807, 2.05) is 27.6 Å². The molecule has 1 rings (SSSR count). The number of hydrogen-bond donors (Lipinski definition) is 0. The van der Waals surface area contributed by atoms with Gasteiger partial charge in [-0.3, -0.25) is 0 Å². The standard InChI is InChI=1S/C9H10F3NO.C2H6.CH2O/c1-2-7-3-4-8(13-5-7)14-6-9(10,11)12;2*1-2/h3-5H,2,6H2,1H3;1-2H3;1H2. The van der Waals surface area contributed by atoms with Crippen molar-refractivity contribution in [2.45, 2.75) is 33.4 Å². The van der Waals surface area contributed by atoms with Crippen molar-refractivity contribution in [2.24, 2.45) is 0 Å². The summed E-state index contributed by atoms with van der Waals surface area (Å²) in [4.78, 5) is 11.7. The van der Waals surface area contributed by atoms with Gasteiger partial charge in [-0.15, -0.1) is 0 Å². The monoisotopic (exact) mass is 265 g/mol. The summed E-state index contributed by atoms with van der Waals surface area (Å²) in [6.45, 7) is 6.64. The molecule has 0 amide bonds. The van der Waals surface area contributed by atoms with Gasteiger partial charge in [0.05, 0.1) is 0 Å². The van der Waals surface area contributed by atoms with E-state index in [2.05, 4.69) is 9.72 Å². The summed E-state index contributed by atoms with van der Waals surface area (Å²) in [5.74, 6) is -0.000440. The maximum absolute atomic E-state index is 11.7. The van der Waals surface area contributed by atoms with Gasteiger partial charge in [0, 0.05) is 12.3 Å². The van der Waals surface area contributed by atoms with Gasteiger partial charge >= 0.3 is 6.18 Å². The lowest BCUT2D eigenvalue weighted by molar-refractivity contribution is -0.154. The highest BCUT2D eigenvalue weighted by atomic mass is 19.4. The topological polar surface area (TPSA) is 39.2 Å². The van der Waals surface area contributed by atoms with Crippen LogP contribution in [0.1, 0.15) is 26.3 Å². The first-order valence-corrected chi connectivity index (χ1v) is 5.44. The van der Waals surface area contributed by atoms with Crippen LogP contribution in [0.15, 0.2) is 18.3 Å². The van der Waals surface area contributed by atoms with Crippen molar-refractivity contribution in [2.75, 3.05) is 6.61 Å². The van der Waals surface area contributed by atoms with E-state index < -0.39 is 12.8 Å². The lowest BCUT2D eigenvalue weighted by Gasteiger charge is -2.08. The van der Waals surface area contributed by atoms with E-state index in [0.29, 0.717) is 0 Å². The minimum Gasteiger partial charge on any atom is -0.468 e. The average Bonchev–Trinajstić information content (AvgIpc) is 2.41. The predicted molar refractivity (Wildman–Crippen MR) is 63.6 cm³/mol. The second kappa shape index (κ2) is 10.6. The fourth-order valence-corrected chi connectivity index (χ4v) is 0.861. The highest BCUT2D eigenvalue weighted by Crippen LogP contribution is 2.16. The van der Waals surface area contributed by atoms with Crippen molar-refractivity contribution >= 4 is 6.79 Å². The van der Waals surface area contributed by atoms with Gasteiger partial charge in [0.1, 0.15) is 6.79 Å². The number of pyridine rings is 1. The van der Waals surface area contributed by atoms with Crippen LogP contribution in [0.5, 0.6) is 5.88 Å². The molecule has 0 saturated heterocycles. The van der Waals surface area contributed by atoms with Gasteiger partial charge in [-0.1, -0.05) is 26.8 Å². The number of carbonyl (C=O) groups excluding carboxylic acids is 1. The zero-order valence-electron chi connectivity index (χ0n) is 10.8. The van der Waals surface area contributed by atoms with Crippen molar-refractivity contribution in [3.05, 3.63) is 23.9 Å². The molecular formula is C12H18F3NO2. The first kappa shape index (κ1) is 18.8. The van der Waals surface area contributed by atoms with Crippen molar-refractivity contribution in [1.82, 2.24) is 4.98 Å². The van der Waals surface area contributed by atoms with Gasteiger partial charge < -0.3 is 9.53 Å². The molecule has 0 radical (unpaired) electrons. The van der Waals surface area contributed by atoms with Gasteiger partial charge in [0.25, 0.3) is 0 Å². The molecule has 18 heavy (non-hydrogen) atoms. The molecule has 1 aromatic rings. The molecule has 0 spiro atoms. The maximum Gasteiger partial charge on any atom is 0.422 e. The zero-order chi connectivity index (χ0) is 14.6. The molecule has 3 nitrogen and oxygen atoms in total. The highest BCUT2D eigenvalue weighted by Gasteiger charge is 2.28. The Labute approximate surface area is 105 Å². The van der Waals surface area contributed by atoms with E-state index >= 15 is 0 Å². The van der Waals surface area contributed by atoms with Crippen LogP contribution in [0.3, 0.4) is 0 Å². The molecule has 0 unspecified atom stereocenters. The normalized spacial score (nSPS) is 9.44. The number of rotatable bonds is 3. The second-order valence-electron chi connectivity index (χ2n) is 2.76. The van der Waals surface area contributed by atoms with Crippen LogP contribution in [-0.2, 0) is 11.2 Å². The Morgan fingerprint density at radius 2 is 1.83 bits per heavy atom. The first-order valence-electron chi connectivity index (χ1n) is 5.44. The summed E-state index contributed by atoms with van der Waals surface area (Å²) in [6, 6.07) is 3.13. The fraction of sp³-hybridized carbons (Fsp3) is 0.500. The molecule has 0 aliphatic rings. The number of halogens is 3. The molecule has 0 saturated carbocycles. The molecule has 0 atom stereocenters. The Morgan fingerprint density at radius 3 is 2.17 bits per heavy atom. The molecule has 0 fully saturated rings. The zero-order valence-corrected chi connectivity index (χ0v) is 10.8. The summed E-state index contributed by atoms with van der Waals surface area (Å²) >= 11 is 0. The van der Waals surface area contributed by atoms with Crippen LogP contribution in [0, 0.1) is 0 Å². The number of nitrogens with zero attached hydrogens (tertiary/aromatic N) is 1. The lowest BCUT2D eigenvalue weighted by Crippen LogP contribution is -2.19. The molecule has 0 aliphatic heterocycles. The van der Waals surface area contributed by atoms with Crippen molar-refractivity contribution in [1.29, 1.82) is 0 Å². The molecule has 1 aromatic heterocycles. The van der Waals surface area contributed by atoms with Crippen molar-refractivity contribution < 1.29 is 22.7 Å². The average molecular weight is 265 g/mol. The third-order valence-corrected chi connectivity index (χ3v) is 1.59. The Bertz CT molecular complexity index is 299. The molecule has 0 aromatic carbocycles. The summed E-state index contributed by atoms with van der Waals surface area (Å²) in [6.07, 6.45) is -2.01. The minimum atomic E-state index is -4.31. The fourth-order valence-electron chi connectivity index (χ4n) is 0.861. The van der Waals surface area contributed by atoms with Crippen LogP contribution in [0.4, 0.5) is 13.2 Å². The quantitative estimate of drug-likeness (QED) is 0.840. The Balaban J connectivity index is 0. The third kappa shape index (κ3) is 9.62. The second-order valence-corrected chi connectivity index (χ2v) is 2.76. The Hall–Kier alpha value is -1.59. The van der Waals surface area contributed by atoms with Crippen LogP contribution < -0.4 is 4.74 Å². The van der Waals surface area contributed by atoms with E-state index in [-0.39, 0.29) is 5.88 Å². The van der Waals surface area contributed by atoms with Gasteiger partial charge in [-0.25, -0.2) is 4.98 Å². The van der Waals surface area contributed by atoms with Crippen molar-refractivity contribution in [3.8, 4) is 5.88 Å². The van der Waals surface area contributed by atoms with Gasteiger partial charge in [0.2, 0.25) is 5.88 Å². The highest BCUT2D eigenvalue weighted by molar-refractivity contribution is 5.17. The summed E-state index contributed by atoms with van der Waals surface area (Å²) < 4.78 is 39.6. The van der Waals surface area contributed by atoms with E-state index in [4.69, 9.17) is 4.79 Å².